The lowest BCUT2D eigenvalue weighted by molar-refractivity contribution is -0.128. The summed E-state index contributed by atoms with van der Waals surface area (Å²) in [5, 5.41) is 12.2. The minimum atomic E-state index is 0.232. The third kappa shape index (κ3) is 4.94. The number of thioether (sulfide) groups is 1. The fourth-order valence-corrected chi connectivity index (χ4v) is 3.79. The van der Waals surface area contributed by atoms with Crippen molar-refractivity contribution < 1.29 is 4.79 Å². The number of carbonyl (C=O) groups is 1. The van der Waals surface area contributed by atoms with E-state index in [1.807, 2.05) is 4.90 Å². The van der Waals surface area contributed by atoms with E-state index in [4.69, 9.17) is 0 Å². The molecule has 20 heavy (non-hydrogen) atoms. The maximum absolute atomic E-state index is 12.1. The minimum Gasteiger partial charge on any atom is -0.360 e. The number of amides is 1. The Morgan fingerprint density at radius 1 is 1.30 bits per heavy atom. The van der Waals surface area contributed by atoms with E-state index in [0.29, 0.717) is 5.75 Å². The molecule has 0 unspecified atom stereocenters. The summed E-state index contributed by atoms with van der Waals surface area (Å²) < 4.78 is 0.867. The van der Waals surface area contributed by atoms with Gasteiger partial charge in [-0.05, 0) is 19.3 Å². The Labute approximate surface area is 128 Å². The lowest BCUT2D eigenvalue weighted by atomic mass is 10.2. The van der Waals surface area contributed by atoms with Gasteiger partial charge in [0, 0.05) is 19.6 Å². The standard InChI is InChI=1S/C13H22N4OS2/c1-2-7-14-12-15-16-13(20-12)19-10-11(18)17-8-5-3-4-6-9-17/h2-10H2,1H3,(H,14,15). The average molecular weight is 314 g/mol. The molecule has 5 nitrogen and oxygen atoms in total. The highest BCUT2D eigenvalue weighted by Crippen LogP contribution is 2.25. The molecular weight excluding hydrogens is 292 g/mol. The van der Waals surface area contributed by atoms with Crippen molar-refractivity contribution in [3.05, 3.63) is 0 Å². The van der Waals surface area contributed by atoms with Crippen molar-refractivity contribution in [1.82, 2.24) is 15.1 Å². The fourth-order valence-electron chi connectivity index (χ4n) is 2.11. The highest BCUT2D eigenvalue weighted by atomic mass is 32.2. The van der Waals surface area contributed by atoms with Crippen LogP contribution in [0.2, 0.25) is 0 Å². The molecule has 2 rings (SSSR count). The Balaban J connectivity index is 1.76. The molecule has 0 radical (unpaired) electrons. The molecule has 1 fully saturated rings. The van der Waals surface area contributed by atoms with Gasteiger partial charge in [-0.15, -0.1) is 10.2 Å². The highest BCUT2D eigenvalue weighted by Gasteiger charge is 2.16. The van der Waals surface area contributed by atoms with Crippen LogP contribution in [0.3, 0.4) is 0 Å². The number of hydrogen-bond donors (Lipinski definition) is 1. The smallest absolute Gasteiger partial charge is 0.233 e. The van der Waals surface area contributed by atoms with Gasteiger partial charge >= 0.3 is 0 Å². The van der Waals surface area contributed by atoms with Crippen LogP contribution >= 0.6 is 23.1 Å². The van der Waals surface area contributed by atoms with Crippen LogP contribution in [0.15, 0.2) is 4.34 Å². The van der Waals surface area contributed by atoms with E-state index in [0.717, 1.165) is 48.4 Å². The predicted molar refractivity (Wildman–Crippen MR) is 84.5 cm³/mol. The molecule has 112 valence electrons. The largest absolute Gasteiger partial charge is 0.360 e. The number of hydrogen-bond acceptors (Lipinski definition) is 6. The molecule has 1 saturated heterocycles. The van der Waals surface area contributed by atoms with Crippen molar-refractivity contribution in [3.8, 4) is 0 Å². The minimum absolute atomic E-state index is 0.232. The van der Waals surface area contributed by atoms with Crippen molar-refractivity contribution in [2.75, 3.05) is 30.7 Å². The first-order valence-electron chi connectivity index (χ1n) is 7.27. The summed E-state index contributed by atoms with van der Waals surface area (Å²) >= 11 is 3.02. The van der Waals surface area contributed by atoms with E-state index in [-0.39, 0.29) is 5.91 Å². The van der Waals surface area contributed by atoms with Gasteiger partial charge in [0.1, 0.15) is 0 Å². The van der Waals surface area contributed by atoms with Crippen molar-refractivity contribution >= 4 is 34.1 Å². The number of nitrogens with one attached hydrogen (secondary N) is 1. The topological polar surface area (TPSA) is 58.1 Å². The second kappa shape index (κ2) is 8.46. The van der Waals surface area contributed by atoms with E-state index < -0.39 is 0 Å². The Morgan fingerprint density at radius 3 is 2.75 bits per heavy atom. The van der Waals surface area contributed by atoms with E-state index in [1.54, 1.807) is 0 Å². The normalized spacial score (nSPS) is 15.9. The molecule has 0 aliphatic carbocycles. The second-order valence-corrected chi connectivity index (χ2v) is 7.08. The van der Waals surface area contributed by atoms with Crippen molar-refractivity contribution in [2.45, 2.75) is 43.4 Å². The first-order valence-corrected chi connectivity index (χ1v) is 9.07. The number of carbonyl (C=O) groups excluding carboxylic acids is 1. The van der Waals surface area contributed by atoms with E-state index >= 15 is 0 Å². The van der Waals surface area contributed by atoms with Crippen LogP contribution in [-0.2, 0) is 4.79 Å². The molecule has 1 amide bonds. The summed E-state index contributed by atoms with van der Waals surface area (Å²) in [7, 11) is 0. The molecule has 0 saturated carbocycles. The molecule has 0 spiro atoms. The number of rotatable bonds is 6. The summed E-state index contributed by atoms with van der Waals surface area (Å²) in [6.45, 7) is 4.85. The Kier molecular flexibility index (Phi) is 6.59. The fraction of sp³-hybridized carbons (Fsp3) is 0.769. The van der Waals surface area contributed by atoms with Gasteiger partial charge in [-0.2, -0.15) is 0 Å². The zero-order valence-corrected chi connectivity index (χ0v) is 13.6. The summed E-state index contributed by atoms with van der Waals surface area (Å²) in [6.07, 6.45) is 5.84. The van der Waals surface area contributed by atoms with Crippen LogP contribution in [0.1, 0.15) is 39.0 Å². The Bertz CT molecular complexity index is 416. The van der Waals surface area contributed by atoms with Gasteiger partial charge < -0.3 is 10.2 Å². The van der Waals surface area contributed by atoms with E-state index in [1.165, 1.54) is 35.9 Å². The molecule has 0 atom stereocenters. The lowest BCUT2D eigenvalue weighted by Gasteiger charge is -2.19. The first-order chi connectivity index (χ1) is 9.79. The van der Waals surface area contributed by atoms with Gasteiger partial charge in [-0.1, -0.05) is 42.9 Å². The van der Waals surface area contributed by atoms with Crippen LogP contribution in [-0.4, -0.2) is 46.4 Å². The van der Waals surface area contributed by atoms with Crippen LogP contribution in [0.25, 0.3) is 0 Å². The lowest BCUT2D eigenvalue weighted by Crippen LogP contribution is -2.33. The third-order valence-electron chi connectivity index (χ3n) is 3.21. The van der Waals surface area contributed by atoms with Crippen molar-refractivity contribution in [1.29, 1.82) is 0 Å². The number of aromatic nitrogens is 2. The van der Waals surface area contributed by atoms with Gasteiger partial charge in [0.05, 0.1) is 5.75 Å². The summed E-state index contributed by atoms with van der Waals surface area (Å²) in [5.74, 6) is 0.706. The maximum Gasteiger partial charge on any atom is 0.233 e. The average Bonchev–Trinajstić information content (AvgIpc) is 2.73. The quantitative estimate of drug-likeness (QED) is 0.818. The van der Waals surface area contributed by atoms with E-state index in [2.05, 4.69) is 22.4 Å². The van der Waals surface area contributed by atoms with Gasteiger partial charge in [0.2, 0.25) is 11.0 Å². The maximum atomic E-state index is 12.1. The molecule has 1 aliphatic heterocycles. The molecule has 0 bridgehead atoms. The van der Waals surface area contributed by atoms with Crippen molar-refractivity contribution in [2.24, 2.45) is 0 Å². The monoisotopic (exact) mass is 314 g/mol. The molecule has 1 N–H and O–H groups in total. The van der Waals surface area contributed by atoms with Gasteiger partial charge in [-0.25, -0.2) is 0 Å². The first kappa shape index (κ1) is 15.6. The van der Waals surface area contributed by atoms with Crippen LogP contribution in [0.4, 0.5) is 5.13 Å². The predicted octanol–water partition coefficient (Wildman–Crippen LogP) is 2.85. The number of likely N-dealkylation sites (tertiary alicyclic amines) is 1. The molecular formula is C13H22N4OS2. The summed E-state index contributed by atoms with van der Waals surface area (Å²) in [4.78, 5) is 14.1. The highest BCUT2D eigenvalue weighted by molar-refractivity contribution is 8.01. The third-order valence-corrected chi connectivity index (χ3v) is 5.21. The molecule has 1 aromatic heterocycles. The zero-order valence-electron chi connectivity index (χ0n) is 11.9. The molecule has 7 heteroatoms. The van der Waals surface area contributed by atoms with Crippen LogP contribution < -0.4 is 5.32 Å². The Hall–Kier alpha value is -0.820. The van der Waals surface area contributed by atoms with E-state index in [9.17, 15) is 4.79 Å². The number of anilines is 1. The summed E-state index contributed by atoms with van der Waals surface area (Å²) in [5.41, 5.74) is 0. The second-order valence-electron chi connectivity index (χ2n) is 4.88. The van der Waals surface area contributed by atoms with Crippen LogP contribution in [0, 0.1) is 0 Å². The number of nitrogens with zero attached hydrogens (tertiary/aromatic N) is 3. The molecule has 1 aromatic rings. The molecule has 1 aliphatic rings. The van der Waals surface area contributed by atoms with Crippen molar-refractivity contribution in [3.63, 3.8) is 0 Å². The molecule has 0 aromatic carbocycles. The Morgan fingerprint density at radius 2 is 2.05 bits per heavy atom. The van der Waals surface area contributed by atoms with Crippen LogP contribution in [0.5, 0.6) is 0 Å². The van der Waals surface area contributed by atoms with Gasteiger partial charge in [0.15, 0.2) is 4.34 Å². The summed E-state index contributed by atoms with van der Waals surface area (Å²) in [6, 6.07) is 0. The molecule has 2 heterocycles. The zero-order chi connectivity index (χ0) is 14.2. The SMILES string of the molecule is CCCNc1nnc(SCC(=O)N2CCCCCC2)s1. The van der Waals surface area contributed by atoms with Gasteiger partial charge in [-0.3, -0.25) is 4.79 Å². The van der Waals surface area contributed by atoms with Gasteiger partial charge in [0.25, 0.3) is 0 Å².